The van der Waals surface area contributed by atoms with Gasteiger partial charge in [0.05, 0.1) is 10.6 Å². The Morgan fingerprint density at radius 3 is 2.58 bits per heavy atom. The molecule has 7 nitrogen and oxygen atoms in total. The summed E-state index contributed by atoms with van der Waals surface area (Å²) in [5.74, 6) is -0.884. The smallest absolute Gasteiger partial charge is 0.422 e. The third kappa shape index (κ3) is 4.13. The molecule has 1 amide bonds. The molecule has 2 aromatic carbocycles. The van der Waals surface area contributed by atoms with Gasteiger partial charge in [-0.15, -0.1) is 0 Å². The summed E-state index contributed by atoms with van der Waals surface area (Å²) in [7, 11) is -3.90. The van der Waals surface area contributed by atoms with Gasteiger partial charge in [-0.3, -0.25) is 9.10 Å². The number of rotatable bonds is 6. The van der Waals surface area contributed by atoms with Crippen molar-refractivity contribution in [2.45, 2.75) is 17.6 Å². The number of benzene rings is 2. The number of halogens is 3. The molecule has 0 aliphatic carbocycles. The number of ether oxygens (including phenoxy) is 1. The van der Waals surface area contributed by atoms with Crippen molar-refractivity contribution in [3.05, 3.63) is 60.3 Å². The lowest BCUT2D eigenvalue weighted by Gasteiger charge is -2.18. The number of hydrogen-bond donors (Lipinski definition) is 1. The van der Waals surface area contributed by atoms with Gasteiger partial charge in [0.25, 0.3) is 10.0 Å². The minimum absolute atomic E-state index is 0.128. The van der Waals surface area contributed by atoms with Crippen molar-refractivity contribution < 1.29 is 31.1 Å². The van der Waals surface area contributed by atoms with Crippen molar-refractivity contribution in [2.75, 3.05) is 17.5 Å². The number of nitrogens with zero attached hydrogens (tertiary/aromatic N) is 2. The van der Waals surface area contributed by atoms with E-state index in [1.54, 1.807) is 30.3 Å². The van der Waals surface area contributed by atoms with Gasteiger partial charge in [0, 0.05) is 23.7 Å². The zero-order valence-electron chi connectivity index (χ0n) is 15.9. The van der Waals surface area contributed by atoms with E-state index in [-0.39, 0.29) is 22.9 Å². The molecular formula is C20H16F3N3O4S. The molecule has 0 saturated carbocycles. The Hall–Kier alpha value is -3.34. The molecule has 31 heavy (non-hydrogen) atoms. The molecule has 0 radical (unpaired) electrons. The number of carbonyl (C=O) groups is 1. The molecule has 162 valence electrons. The maximum atomic E-state index is 12.9. The first-order valence-electron chi connectivity index (χ1n) is 9.11. The summed E-state index contributed by atoms with van der Waals surface area (Å²) >= 11 is 0. The Kier molecular flexibility index (Phi) is 5.21. The topological polar surface area (TPSA) is 88.6 Å². The van der Waals surface area contributed by atoms with Crippen LogP contribution in [0.2, 0.25) is 0 Å². The van der Waals surface area contributed by atoms with Crippen LogP contribution in [0.25, 0.3) is 10.8 Å². The second-order valence-corrected chi connectivity index (χ2v) is 8.62. The summed E-state index contributed by atoms with van der Waals surface area (Å²) in [5.41, 5.74) is 0.633. The van der Waals surface area contributed by atoms with Crippen LogP contribution in [0.15, 0.2) is 59.6 Å². The normalized spacial score (nSPS) is 14.6. The predicted octanol–water partition coefficient (Wildman–Crippen LogP) is 3.00. The van der Waals surface area contributed by atoms with Gasteiger partial charge in [-0.2, -0.15) is 13.2 Å². The first-order valence-corrected chi connectivity index (χ1v) is 10.6. The molecule has 0 unspecified atom stereocenters. The largest absolute Gasteiger partial charge is 0.468 e. The Bertz CT molecular complexity index is 1260. The van der Waals surface area contributed by atoms with E-state index in [1.807, 2.05) is 0 Å². The number of pyridine rings is 1. The summed E-state index contributed by atoms with van der Waals surface area (Å²) in [6.45, 7) is -2.17. The highest BCUT2D eigenvalue weighted by Crippen LogP contribution is 2.41. The van der Waals surface area contributed by atoms with Gasteiger partial charge in [0.1, 0.15) is 6.54 Å². The maximum Gasteiger partial charge on any atom is 0.422 e. The number of alkyl halides is 3. The van der Waals surface area contributed by atoms with E-state index in [9.17, 15) is 26.4 Å². The Balaban J connectivity index is 1.48. The molecule has 11 heteroatoms. The second-order valence-electron chi connectivity index (χ2n) is 6.79. The summed E-state index contributed by atoms with van der Waals surface area (Å²) in [5, 5.41) is 3.80. The molecule has 0 fully saturated rings. The lowest BCUT2D eigenvalue weighted by Crippen LogP contribution is -2.38. The van der Waals surface area contributed by atoms with E-state index in [2.05, 4.69) is 15.0 Å². The van der Waals surface area contributed by atoms with Crippen molar-refractivity contribution >= 4 is 32.4 Å². The van der Waals surface area contributed by atoms with Gasteiger partial charge >= 0.3 is 6.18 Å². The quantitative estimate of drug-likeness (QED) is 0.623. The van der Waals surface area contributed by atoms with Crippen LogP contribution in [-0.2, 0) is 21.4 Å². The van der Waals surface area contributed by atoms with Gasteiger partial charge in [0.2, 0.25) is 11.8 Å². The predicted molar refractivity (Wildman–Crippen MR) is 106 cm³/mol. The molecule has 2 heterocycles. The average Bonchev–Trinajstić information content (AvgIpc) is 2.94. The van der Waals surface area contributed by atoms with Crippen molar-refractivity contribution in [2.24, 2.45) is 0 Å². The van der Waals surface area contributed by atoms with E-state index < -0.39 is 35.3 Å². The van der Waals surface area contributed by atoms with Crippen LogP contribution in [0.3, 0.4) is 0 Å². The molecule has 0 saturated heterocycles. The number of carbonyl (C=O) groups excluding carboxylic acids is 1. The summed E-state index contributed by atoms with van der Waals surface area (Å²) < 4.78 is 68.8. The molecule has 0 spiro atoms. The minimum Gasteiger partial charge on any atom is -0.468 e. The first kappa shape index (κ1) is 20.9. The van der Waals surface area contributed by atoms with Gasteiger partial charge in [-0.1, -0.05) is 30.3 Å². The van der Waals surface area contributed by atoms with E-state index >= 15 is 0 Å². The summed E-state index contributed by atoms with van der Waals surface area (Å²) in [4.78, 5) is 16.4. The van der Waals surface area contributed by atoms with Crippen LogP contribution >= 0.6 is 0 Å². The fourth-order valence-corrected chi connectivity index (χ4v) is 5.01. The third-order valence-electron chi connectivity index (χ3n) is 4.67. The van der Waals surface area contributed by atoms with Gasteiger partial charge < -0.3 is 10.1 Å². The molecule has 0 bridgehead atoms. The van der Waals surface area contributed by atoms with E-state index in [0.29, 0.717) is 11.1 Å². The zero-order valence-corrected chi connectivity index (χ0v) is 16.7. The molecule has 1 aliphatic rings. The van der Waals surface area contributed by atoms with Crippen molar-refractivity contribution in [3.8, 4) is 5.88 Å². The van der Waals surface area contributed by atoms with Crippen molar-refractivity contribution in [1.82, 2.24) is 10.3 Å². The molecule has 1 aromatic heterocycles. The lowest BCUT2D eigenvalue weighted by molar-refractivity contribution is -0.154. The van der Waals surface area contributed by atoms with Crippen LogP contribution < -0.4 is 14.4 Å². The SMILES string of the molecule is O=C(CN1c2cccc3cccc(c23)S1(=O)=O)NCc1cccnc1OCC(F)(F)F. The number of amides is 1. The van der Waals surface area contributed by atoms with Crippen LogP contribution in [-0.4, -0.2) is 38.6 Å². The third-order valence-corrected chi connectivity index (χ3v) is 6.47. The maximum absolute atomic E-state index is 12.9. The van der Waals surface area contributed by atoms with Gasteiger partial charge in [-0.25, -0.2) is 13.4 Å². The number of nitrogens with one attached hydrogen (secondary N) is 1. The monoisotopic (exact) mass is 451 g/mol. The second kappa shape index (κ2) is 7.73. The number of anilines is 1. The highest BCUT2D eigenvalue weighted by Gasteiger charge is 2.36. The number of aromatic nitrogens is 1. The number of sulfonamides is 1. The molecular weight excluding hydrogens is 435 g/mol. The van der Waals surface area contributed by atoms with Crippen LogP contribution in [0.5, 0.6) is 5.88 Å². The Morgan fingerprint density at radius 2 is 1.84 bits per heavy atom. The standard InChI is InChI=1S/C20H16F3N3O4S/c21-20(22,23)12-30-19-14(6-3-9-24-19)10-25-17(27)11-26-15-7-1-4-13-5-2-8-16(18(13)15)31(26,28)29/h1-9H,10-12H2,(H,25,27). The van der Waals surface area contributed by atoms with Crippen molar-refractivity contribution in [3.63, 3.8) is 0 Å². The minimum atomic E-state index is -4.53. The highest BCUT2D eigenvalue weighted by molar-refractivity contribution is 7.93. The Morgan fingerprint density at radius 1 is 1.10 bits per heavy atom. The van der Waals surface area contributed by atoms with Crippen LogP contribution in [0.4, 0.5) is 18.9 Å². The molecule has 0 atom stereocenters. The summed E-state index contributed by atoms with van der Waals surface area (Å²) in [6, 6.07) is 13.0. The van der Waals surface area contributed by atoms with Crippen molar-refractivity contribution in [1.29, 1.82) is 0 Å². The Labute approximate surface area is 175 Å². The highest BCUT2D eigenvalue weighted by atomic mass is 32.2. The fourth-order valence-electron chi connectivity index (χ4n) is 3.35. The summed E-state index contributed by atoms with van der Waals surface area (Å²) in [6.07, 6.45) is -3.26. The van der Waals surface area contributed by atoms with E-state index in [0.717, 1.165) is 9.69 Å². The average molecular weight is 451 g/mol. The van der Waals surface area contributed by atoms with E-state index in [1.165, 1.54) is 24.4 Å². The van der Waals surface area contributed by atoms with Gasteiger partial charge in [0.15, 0.2) is 6.61 Å². The molecule has 1 aliphatic heterocycles. The van der Waals surface area contributed by atoms with Crippen LogP contribution in [0.1, 0.15) is 5.56 Å². The van der Waals surface area contributed by atoms with Crippen LogP contribution in [0, 0.1) is 0 Å². The van der Waals surface area contributed by atoms with Gasteiger partial charge in [-0.05, 0) is 23.6 Å². The molecule has 3 aromatic rings. The lowest BCUT2D eigenvalue weighted by atomic mass is 10.1. The number of hydrogen-bond acceptors (Lipinski definition) is 5. The fraction of sp³-hybridized carbons (Fsp3) is 0.200. The molecule has 1 N–H and O–H groups in total. The first-order chi connectivity index (χ1) is 14.7. The molecule has 4 rings (SSSR count). The van der Waals surface area contributed by atoms with E-state index in [4.69, 9.17) is 0 Å². The zero-order chi connectivity index (χ0) is 22.2.